The smallest absolute Gasteiger partial charge is 0.227 e. The number of nitrogens with one attached hydrogen (secondary N) is 1. The van der Waals surface area contributed by atoms with Gasteiger partial charge in [0.05, 0.1) is 20.6 Å². The Morgan fingerprint density at radius 2 is 1.73 bits per heavy atom. The highest BCUT2D eigenvalue weighted by Gasteiger charge is 2.15. The van der Waals surface area contributed by atoms with Crippen molar-refractivity contribution in [3.63, 3.8) is 0 Å². The minimum atomic E-state index is -0.124. The zero-order valence-corrected chi connectivity index (χ0v) is 15.5. The summed E-state index contributed by atoms with van der Waals surface area (Å²) in [6.45, 7) is 1.88. The number of hydrogen-bond donors (Lipinski definition) is 1. The van der Waals surface area contributed by atoms with Crippen LogP contribution in [0.2, 0.25) is 0 Å². The summed E-state index contributed by atoms with van der Waals surface area (Å²) in [5, 5.41) is 2.70. The lowest BCUT2D eigenvalue weighted by molar-refractivity contribution is -0.129. The largest absolute Gasteiger partial charge is 0.493 e. The number of methoxy groups -OCH3 is 2. The average molecular weight is 356 g/mol. The van der Waals surface area contributed by atoms with Crippen LogP contribution in [0.4, 0.5) is 5.69 Å². The topological polar surface area (TPSA) is 67.9 Å². The maximum atomic E-state index is 12.5. The van der Waals surface area contributed by atoms with Gasteiger partial charge in [-0.25, -0.2) is 0 Å². The van der Waals surface area contributed by atoms with Gasteiger partial charge < -0.3 is 19.7 Å². The van der Waals surface area contributed by atoms with Crippen LogP contribution in [0.1, 0.15) is 18.1 Å². The molecule has 2 aromatic rings. The standard InChI is InChI=1S/C20H24N2O4/c1-14(23)21-17-10-8-15(9-11-17)12-19(24)22(2)13-16-6-5-7-18(25-3)20(16)26-4/h5-11H,12-13H2,1-4H3,(H,21,23). The Morgan fingerprint density at radius 3 is 2.31 bits per heavy atom. The van der Waals surface area contributed by atoms with Crippen LogP contribution < -0.4 is 14.8 Å². The molecular formula is C20H24N2O4. The second kappa shape index (κ2) is 8.89. The maximum Gasteiger partial charge on any atom is 0.227 e. The lowest BCUT2D eigenvalue weighted by Crippen LogP contribution is -2.28. The molecule has 0 aliphatic heterocycles. The summed E-state index contributed by atoms with van der Waals surface area (Å²) < 4.78 is 10.7. The van der Waals surface area contributed by atoms with E-state index in [2.05, 4.69) is 5.32 Å². The molecule has 0 heterocycles. The molecule has 0 fully saturated rings. The second-order valence-corrected chi connectivity index (χ2v) is 5.96. The first-order chi connectivity index (χ1) is 12.4. The first-order valence-corrected chi connectivity index (χ1v) is 8.25. The van der Waals surface area contributed by atoms with Crippen LogP contribution in [0.15, 0.2) is 42.5 Å². The average Bonchev–Trinajstić information content (AvgIpc) is 2.62. The number of carbonyl (C=O) groups excluding carboxylic acids is 2. The SMILES string of the molecule is COc1cccc(CN(C)C(=O)Cc2ccc(NC(C)=O)cc2)c1OC. The monoisotopic (exact) mass is 356 g/mol. The fourth-order valence-corrected chi connectivity index (χ4v) is 2.64. The van der Waals surface area contributed by atoms with E-state index in [1.54, 1.807) is 38.3 Å². The third-order valence-electron chi connectivity index (χ3n) is 3.95. The van der Waals surface area contributed by atoms with Crippen molar-refractivity contribution in [2.75, 3.05) is 26.6 Å². The normalized spacial score (nSPS) is 10.2. The number of nitrogens with zero attached hydrogens (tertiary/aromatic N) is 1. The molecule has 6 nitrogen and oxygen atoms in total. The van der Waals surface area contributed by atoms with Gasteiger partial charge in [-0.15, -0.1) is 0 Å². The zero-order valence-electron chi connectivity index (χ0n) is 15.5. The number of hydrogen-bond acceptors (Lipinski definition) is 4. The molecule has 0 atom stereocenters. The number of likely N-dealkylation sites (N-methyl/N-ethyl adjacent to an activating group) is 1. The molecule has 138 valence electrons. The van der Waals surface area contributed by atoms with Gasteiger partial charge in [-0.2, -0.15) is 0 Å². The summed E-state index contributed by atoms with van der Waals surface area (Å²) in [7, 11) is 4.92. The number of anilines is 1. The molecule has 0 aliphatic rings. The van der Waals surface area contributed by atoms with E-state index < -0.39 is 0 Å². The van der Waals surface area contributed by atoms with Crippen molar-refractivity contribution in [2.45, 2.75) is 19.9 Å². The molecule has 0 spiro atoms. The van der Waals surface area contributed by atoms with Crippen LogP contribution in [-0.4, -0.2) is 38.0 Å². The molecular weight excluding hydrogens is 332 g/mol. The molecule has 2 amide bonds. The van der Waals surface area contributed by atoms with E-state index in [-0.39, 0.29) is 18.2 Å². The van der Waals surface area contributed by atoms with Crippen molar-refractivity contribution < 1.29 is 19.1 Å². The lowest BCUT2D eigenvalue weighted by atomic mass is 10.1. The summed E-state index contributed by atoms with van der Waals surface area (Å²) in [5.74, 6) is 1.14. The third kappa shape index (κ3) is 4.99. The van der Waals surface area contributed by atoms with Crippen LogP contribution >= 0.6 is 0 Å². The van der Waals surface area contributed by atoms with Crippen molar-refractivity contribution in [3.8, 4) is 11.5 Å². The van der Waals surface area contributed by atoms with Gasteiger partial charge in [-0.1, -0.05) is 24.3 Å². The van der Waals surface area contributed by atoms with Crippen LogP contribution in [0.3, 0.4) is 0 Å². The van der Waals surface area contributed by atoms with Crippen molar-refractivity contribution >= 4 is 17.5 Å². The molecule has 0 aromatic heterocycles. The van der Waals surface area contributed by atoms with Gasteiger partial charge in [0.2, 0.25) is 11.8 Å². The van der Waals surface area contributed by atoms with Crippen LogP contribution in [0, 0.1) is 0 Å². The molecule has 0 saturated carbocycles. The van der Waals surface area contributed by atoms with Gasteiger partial charge in [0.1, 0.15) is 0 Å². The Balaban J connectivity index is 2.03. The van der Waals surface area contributed by atoms with Crippen LogP contribution in [0.5, 0.6) is 11.5 Å². The second-order valence-electron chi connectivity index (χ2n) is 5.96. The van der Waals surface area contributed by atoms with Crippen molar-refractivity contribution in [3.05, 3.63) is 53.6 Å². The van der Waals surface area contributed by atoms with Crippen molar-refractivity contribution in [1.82, 2.24) is 4.90 Å². The van der Waals surface area contributed by atoms with Crippen molar-refractivity contribution in [2.24, 2.45) is 0 Å². The fourth-order valence-electron chi connectivity index (χ4n) is 2.64. The van der Waals surface area contributed by atoms with Gasteiger partial charge in [0.25, 0.3) is 0 Å². The molecule has 2 rings (SSSR count). The molecule has 0 radical (unpaired) electrons. The van der Waals surface area contributed by atoms with Gasteiger partial charge in [-0.05, 0) is 23.8 Å². The van der Waals surface area contributed by atoms with Gasteiger partial charge >= 0.3 is 0 Å². The van der Waals surface area contributed by atoms with E-state index >= 15 is 0 Å². The number of para-hydroxylation sites is 1. The zero-order chi connectivity index (χ0) is 19.1. The molecule has 2 aromatic carbocycles. The highest BCUT2D eigenvalue weighted by molar-refractivity contribution is 5.88. The van der Waals surface area contributed by atoms with E-state index in [9.17, 15) is 9.59 Å². The molecule has 6 heteroatoms. The van der Waals surface area contributed by atoms with E-state index in [0.29, 0.717) is 23.7 Å². The quantitative estimate of drug-likeness (QED) is 0.828. The Bertz CT molecular complexity index is 772. The molecule has 0 unspecified atom stereocenters. The van der Waals surface area contributed by atoms with Crippen molar-refractivity contribution in [1.29, 1.82) is 0 Å². The minimum absolute atomic E-state index is 0.0119. The predicted octanol–water partition coefficient (Wildman–Crippen LogP) is 2.86. The minimum Gasteiger partial charge on any atom is -0.493 e. The summed E-state index contributed by atoms with van der Waals surface area (Å²) in [5.41, 5.74) is 2.47. The molecule has 0 saturated heterocycles. The number of amides is 2. The van der Waals surface area contributed by atoms with E-state index in [0.717, 1.165) is 11.1 Å². The Kier molecular flexibility index (Phi) is 6.60. The van der Waals surface area contributed by atoms with Crippen LogP contribution in [-0.2, 0) is 22.6 Å². The number of carbonyl (C=O) groups is 2. The first kappa shape index (κ1) is 19.3. The number of benzene rings is 2. The van der Waals surface area contributed by atoms with E-state index in [4.69, 9.17) is 9.47 Å². The first-order valence-electron chi connectivity index (χ1n) is 8.25. The summed E-state index contributed by atoms with van der Waals surface area (Å²) in [6.07, 6.45) is 0.281. The fraction of sp³-hybridized carbons (Fsp3) is 0.300. The Hall–Kier alpha value is -3.02. The molecule has 0 aliphatic carbocycles. The molecule has 0 bridgehead atoms. The number of rotatable bonds is 7. The Labute approximate surface area is 153 Å². The van der Waals surface area contributed by atoms with E-state index in [1.807, 2.05) is 30.3 Å². The number of ether oxygens (including phenoxy) is 2. The van der Waals surface area contributed by atoms with Crippen LogP contribution in [0.25, 0.3) is 0 Å². The van der Waals surface area contributed by atoms with E-state index in [1.165, 1.54) is 6.92 Å². The Morgan fingerprint density at radius 1 is 1.04 bits per heavy atom. The lowest BCUT2D eigenvalue weighted by Gasteiger charge is -2.20. The highest BCUT2D eigenvalue weighted by atomic mass is 16.5. The highest BCUT2D eigenvalue weighted by Crippen LogP contribution is 2.31. The van der Waals surface area contributed by atoms with Gasteiger partial charge in [0, 0.05) is 31.8 Å². The third-order valence-corrected chi connectivity index (χ3v) is 3.95. The summed E-state index contributed by atoms with van der Waals surface area (Å²) in [6, 6.07) is 12.8. The van der Waals surface area contributed by atoms with Gasteiger partial charge in [0.15, 0.2) is 11.5 Å². The predicted molar refractivity (Wildman–Crippen MR) is 100 cm³/mol. The molecule has 26 heavy (non-hydrogen) atoms. The van der Waals surface area contributed by atoms with Gasteiger partial charge in [-0.3, -0.25) is 9.59 Å². The maximum absolute atomic E-state index is 12.5. The summed E-state index contributed by atoms with van der Waals surface area (Å²) >= 11 is 0. The molecule has 1 N–H and O–H groups in total. The summed E-state index contributed by atoms with van der Waals surface area (Å²) in [4.78, 5) is 25.2.